The van der Waals surface area contributed by atoms with Crippen molar-refractivity contribution in [2.45, 2.75) is 0 Å². The number of β-amino-alcohol motifs (C(OH)–C–C–N with tert-alkyl or cyclic N) is 1. The van der Waals surface area contributed by atoms with Crippen LogP contribution in [-0.4, -0.2) is 104 Å². The molecule has 2 saturated heterocycles. The fourth-order valence-corrected chi connectivity index (χ4v) is 4.33. The number of rotatable bonds is 6. The Kier molecular flexibility index (Phi) is 7.29. The topological polar surface area (TPSA) is 85.3 Å². The number of aromatic nitrogens is 2. The number of anilines is 2. The lowest BCUT2D eigenvalue weighted by Gasteiger charge is -2.36. The number of piperazine rings is 2. The van der Waals surface area contributed by atoms with Gasteiger partial charge in [0, 0.05) is 63.9 Å². The maximum atomic E-state index is 13.0. The zero-order valence-electron chi connectivity index (χ0n) is 18.3. The summed E-state index contributed by atoms with van der Waals surface area (Å²) in [6.45, 7) is 7.04. The minimum atomic E-state index is -0.0780. The molecule has 1 aromatic carbocycles. The number of amides is 1. The van der Waals surface area contributed by atoms with Gasteiger partial charge in [-0.2, -0.15) is 0 Å². The third-order valence-electron chi connectivity index (χ3n) is 6.03. The van der Waals surface area contributed by atoms with E-state index in [9.17, 15) is 4.79 Å². The quantitative estimate of drug-likeness (QED) is 0.688. The summed E-state index contributed by atoms with van der Waals surface area (Å²) in [6.07, 6.45) is 0. The average molecular weight is 461 g/mol. The van der Waals surface area contributed by atoms with Gasteiger partial charge in [-0.05, 0) is 30.3 Å². The molecule has 10 heteroatoms. The first kappa shape index (κ1) is 22.6. The lowest BCUT2D eigenvalue weighted by Crippen LogP contribution is -2.49. The van der Waals surface area contributed by atoms with E-state index in [-0.39, 0.29) is 12.5 Å². The first-order chi connectivity index (χ1) is 15.6. The molecule has 1 N–H and O–H groups in total. The normalized spacial score (nSPS) is 17.5. The minimum Gasteiger partial charge on any atom is -0.496 e. The van der Waals surface area contributed by atoms with Gasteiger partial charge in [0.15, 0.2) is 11.6 Å². The second kappa shape index (κ2) is 10.3. The van der Waals surface area contributed by atoms with Gasteiger partial charge < -0.3 is 24.5 Å². The largest absolute Gasteiger partial charge is 0.496 e. The van der Waals surface area contributed by atoms with Crippen LogP contribution in [0.15, 0.2) is 30.3 Å². The first-order valence-electron chi connectivity index (χ1n) is 10.9. The van der Waals surface area contributed by atoms with Crippen LogP contribution in [0.1, 0.15) is 10.4 Å². The maximum absolute atomic E-state index is 13.0. The van der Waals surface area contributed by atoms with Crippen LogP contribution in [0.5, 0.6) is 5.75 Å². The van der Waals surface area contributed by atoms with Crippen molar-refractivity contribution in [3.8, 4) is 5.75 Å². The van der Waals surface area contributed by atoms with Gasteiger partial charge in [-0.3, -0.25) is 9.69 Å². The number of ether oxygens (including phenoxy) is 1. The van der Waals surface area contributed by atoms with Crippen molar-refractivity contribution in [3.05, 3.63) is 40.9 Å². The van der Waals surface area contributed by atoms with Crippen LogP contribution in [0.25, 0.3) is 0 Å². The molecule has 0 saturated carbocycles. The zero-order chi connectivity index (χ0) is 22.5. The number of nitrogens with zero attached hydrogens (tertiary/aromatic N) is 6. The number of methoxy groups -OCH3 is 1. The van der Waals surface area contributed by atoms with E-state index in [1.165, 1.54) is 0 Å². The number of halogens is 1. The predicted octanol–water partition coefficient (Wildman–Crippen LogP) is 1.22. The summed E-state index contributed by atoms with van der Waals surface area (Å²) in [6, 6.07) is 9.10. The summed E-state index contributed by atoms with van der Waals surface area (Å²) in [4.78, 5) is 21.4. The second-order valence-electron chi connectivity index (χ2n) is 7.93. The van der Waals surface area contributed by atoms with Crippen LogP contribution in [0, 0.1) is 0 Å². The Morgan fingerprint density at radius 3 is 2.09 bits per heavy atom. The second-order valence-corrected chi connectivity index (χ2v) is 8.36. The molecule has 0 spiro atoms. The van der Waals surface area contributed by atoms with Gasteiger partial charge in [-0.25, -0.2) is 0 Å². The van der Waals surface area contributed by atoms with E-state index in [0.29, 0.717) is 42.5 Å². The molecule has 0 unspecified atom stereocenters. The summed E-state index contributed by atoms with van der Waals surface area (Å²) in [5.41, 5.74) is 0.483. The Labute approximate surface area is 193 Å². The summed E-state index contributed by atoms with van der Waals surface area (Å²) in [5, 5.41) is 18.5. The molecular formula is C22H29ClN6O3. The van der Waals surface area contributed by atoms with Gasteiger partial charge in [-0.1, -0.05) is 11.6 Å². The van der Waals surface area contributed by atoms with Crippen LogP contribution in [0.3, 0.4) is 0 Å². The SMILES string of the molecule is COc1ccc(Cl)cc1C(=O)N1CCN(c2ccc(N3CCN(CCO)CC3)nn2)CC1. The predicted molar refractivity (Wildman–Crippen MR) is 124 cm³/mol. The van der Waals surface area contributed by atoms with Crippen LogP contribution in [-0.2, 0) is 0 Å². The van der Waals surface area contributed by atoms with Crippen LogP contribution < -0.4 is 14.5 Å². The summed E-state index contributed by atoms with van der Waals surface area (Å²) < 4.78 is 5.33. The number of carbonyl (C=O) groups is 1. The van der Waals surface area contributed by atoms with Crippen LogP contribution in [0.4, 0.5) is 11.6 Å². The van der Waals surface area contributed by atoms with Gasteiger partial charge >= 0.3 is 0 Å². The Bertz CT molecular complexity index is 912. The van der Waals surface area contributed by atoms with Crippen LogP contribution in [0.2, 0.25) is 5.02 Å². The van der Waals surface area contributed by atoms with Crippen molar-refractivity contribution < 1.29 is 14.6 Å². The number of hydrogen-bond donors (Lipinski definition) is 1. The Morgan fingerprint density at radius 1 is 0.969 bits per heavy atom. The van der Waals surface area contributed by atoms with Crippen molar-refractivity contribution in [1.82, 2.24) is 20.0 Å². The van der Waals surface area contributed by atoms with Crippen molar-refractivity contribution in [2.75, 3.05) is 82.4 Å². The van der Waals surface area contributed by atoms with Gasteiger partial charge in [0.1, 0.15) is 5.75 Å². The van der Waals surface area contributed by atoms with Gasteiger partial charge in [0.25, 0.3) is 5.91 Å². The molecule has 172 valence electrons. The average Bonchev–Trinajstić information content (AvgIpc) is 2.84. The zero-order valence-corrected chi connectivity index (χ0v) is 19.0. The third kappa shape index (κ3) is 5.06. The van der Waals surface area contributed by atoms with Gasteiger partial charge in [0.2, 0.25) is 0 Å². The van der Waals surface area contributed by atoms with Gasteiger partial charge in [-0.15, -0.1) is 10.2 Å². The van der Waals surface area contributed by atoms with E-state index in [1.807, 2.05) is 17.0 Å². The Balaban J connectivity index is 1.33. The molecule has 3 heterocycles. The molecule has 2 aliphatic heterocycles. The molecule has 0 aliphatic carbocycles. The molecule has 32 heavy (non-hydrogen) atoms. The molecule has 0 bridgehead atoms. The highest BCUT2D eigenvalue weighted by Crippen LogP contribution is 2.25. The van der Waals surface area contributed by atoms with Crippen molar-refractivity contribution in [1.29, 1.82) is 0 Å². The number of aliphatic hydroxyl groups excluding tert-OH is 1. The van der Waals surface area contributed by atoms with Gasteiger partial charge in [0.05, 0.1) is 19.3 Å². The lowest BCUT2D eigenvalue weighted by atomic mass is 10.1. The van der Waals surface area contributed by atoms with Crippen molar-refractivity contribution >= 4 is 29.1 Å². The smallest absolute Gasteiger partial charge is 0.257 e. The minimum absolute atomic E-state index is 0.0780. The summed E-state index contributed by atoms with van der Waals surface area (Å²) in [7, 11) is 1.55. The molecule has 2 aromatic rings. The summed E-state index contributed by atoms with van der Waals surface area (Å²) in [5.74, 6) is 2.14. The number of aliphatic hydroxyl groups is 1. The fraction of sp³-hybridized carbons (Fsp3) is 0.500. The number of carbonyl (C=O) groups excluding carboxylic acids is 1. The number of benzene rings is 1. The molecule has 1 aromatic heterocycles. The standard InChI is InChI=1S/C22H29ClN6O3/c1-32-19-3-2-17(23)16-18(19)22(31)29-12-10-28(11-13-29)21-5-4-20(24-25-21)27-8-6-26(7-9-27)14-15-30/h2-5,16,30H,6-15H2,1H3. The Hall–Kier alpha value is -2.62. The van der Waals surface area contributed by atoms with Crippen molar-refractivity contribution in [2.24, 2.45) is 0 Å². The van der Waals surface area contributed by atoms with Crippen molar-refractivity contribution in [3.63, 3.8) is 0 Å². The highest BCUT2D eigenvalue weighted by Gasteiger charge is 2.26. The molecule has 9 nitrogen and oxygen atoms in total. The molecule has 2 fully saturated rings. The van der Waals surface area contributed by atoms with E-state index in [2.05, 4.69) is 24.9 Å². The molecule has 4 rings (SSSR count). The molecule has 0 atom stereocenters. The van der Waals surface area contributed by atoms with E-state index < -0.39 is 0 Å². The number of hydrogen-bond acceptors (Lipinski definition) is 8. The highest BCUT2D eigenvalue weighted by atomic mass is 35.5. The molecule has 2 aliphatic rings. The monoisotopic (exact) mass is 460 g/mol. The van der Waals surface area contributed by atoms with E-state index in [1.54, 1.807) is 25.3 Å². The Morgan fingerprint density at radius 2 is 1.56 bits per heavy atom. The molecular weight excluding hydrogens is 432 g/mol. The van der Waals surface area contributed by atoms with E-state index >= 15 is 0 Å². The maximum Gasteiger partial charge on any atom is 0.257 e. The highest BCUT2D eigenvalue weighted by molar-refractivity contribution is 6.31. The van der Waals surface area contributed by atoms with E-state index in [0.717, 1.165) is 44.4 Å². The first-order valence-corrected chi connectivity index (χ1v) is 11.3. The summed E-state index contributed by atoms with van der Waals surface area (Å²) >= 11 is 6.08. The van der Waals surface area contributed by atoms with E-state index in [4.69, 9.17) is 21.4 Å². The molecule has 1 amide bonds. The fourth-order valence-electron chi connectivity index (χ4n) is 4.15. The third-order valence-corrected chi connectivity index (χ3v) is 6.27. The van der Waals surface area contributed by atoms with Crippen LogP contribution >= 0.6 is 11.6 Å². The lowest BCUT2D eigenvalue weighted by molar-refractivity contribution is 0.0743. The molecule has 0 radical (unpaired) electrons.